The molecular weight excluding hydrogens is 202 g/mol. The van der Waals surface area contributed by atoms with Crippen molar-refractivity contribution in [1.82, 2.24) is 0 Å². The molecule has 0 heterocycles. The van der Waals surface area contributed by atoms with Gasteiger partial charge in [0.05, 0.1) is 5.56 Å². The Labute approximate surface area is 85.5 Å². The van der Waals surface area contributed by atoms with Crippen molar-refractivity contribution in [1.29, 1.82) is 0 Å². The third kappa shape index (κ3) is 4.08. The smallest absolute Gasteiger partial charge is 0.338 e. The zero-order valence-electron chi connectivity index (χ0n) is 7.71. The van der Waals surface area contributed by atoms with Gasteiger partial charge >= 0.3 is 5.97 Å². The van der Waals surface area contributed by atoms with Gasteiger partial charge in [-0.3, -0.25) is 0 Å². The fraction of sp³-hybridized carbons (Fsp3) is 0.222. The Morgan fingerprint density at radius 1 is 1.40 bits per heavy atom. The molecule has 6 heteroatoms. The number of benzene rings is 1. The van der Waals surface area contributed by atoms with Crippen LogP contribution in [0.1, 0.15) is 10.4 Å². The number of rotatable bonds is 5. The first kappa shape index (κ1) is 11.0. The molecular formula is C9H8NO5. The molecule has 0 aliphatic heterocycles. The number of hydrogen-bond donors (Lipinski definition) is 0. The molecule has 0 bridgehead atoms. The molecule has 0 atom stereocenters. The van der Waals surface area contributed by atoms with E-state index in [0.29, 0.717) is 5.56 Å². The minimum atomic E-state index is -0.939. The molecule has 79 valence electrons. The first-order chi connectivity index (χ1) is 7.20. The van der Waals surface area contributed by atoms with Crippen LogP contribution in [0.4, 0.5) is 0 Å². The zero-order valence-corrected chi connectivity index (χ0v) is 7.71. The predicted molar refractivity (Wildman–Crippen MR) is 48.5 cm³/mol. The molecule has 1 aromatic rings. The first-order valence-electron chi connectivity index (χ1n) is 4.10. The van der Waals surface area contributed by atoms with Crippen LogP contribution in [-0.2, 0) is 9.57 Å². The van der Waals surface area contributed by atoms with Gasteiger partial charge in [0.1, 0.15) is 13.2 Å². The lowest BCUT2D eigenvalue weighted by atomic mass is 10.2. The molecule has 0 saturated heterocycles. The van der Waals surface area contributed by atoms with Crippen LogP contribution in [0.2, 0.25) is 0 Å². The SMILES string of the molecule is O=C(OCCO[N+](=O)[O-])c1cc[c]cc1. The van der Waals surface area contributed by atoms with Crippen molar-refractivity contribution in [2.24, 2.45) is 0 Å². The maximum absolute atomic E-state index is 11.2. The molecule has 1 radical (unpaired) electrons. The standard InChI is InChI=1S/C9H8NO5/c11-9(8-4-2-1-3-5-8)14-6-7-15-10(12)13/h2-5H,6-7H2. The Morgan fingerprint density at radius 3 is 2.67 bits per heavy atom. The molecule has 6 nitrogen and oxygen atoms in total. The van der Waals surface area contributed by atoms with Crippen molar-refractivity contribution in [3.05, 3.63) is 46.0 Å². The molecule has 1 aromatic carbocycles. The molecule has 0 aliphatic rings. The summed E-state index contributed by atoms with van der Waals surface area (Å²) in [4.78, 5) is 24.9. The molecule has 15 heavy (non-hydrogen) atoms. The van der Waals surface area contributed by atoms with Crippen LogP contribution in [0.5, 0.6) is 0 Å². The first-order valence-corrected chi connectivity index (χ1v) is 4.10. The summed E-state index contributed by atoms with van der Waals surface area (Å²) in [5, 5.41) is 8.81. The molecule has 0 amide bonds. The number of esters is 1. The Balaban J connectivity index is 2.28. The van der Waals surface area contributed by atoms with E-state index in [4.69, 9.17) is 4.74 Å². The molecule has 0 spiro atoms. The van der Waals surface area contributed by atoms with Gasteiger partial charge in [0.2, 0.25) is 0 Å². The van der Waals surface area contributed by atoms with Gasteiger partial charge in [0.15, 0.2) is 0 Å². The van der Waals surface area contributed by atoms with Crippen molar-refractivity contribution in [2.45, 2.75) is 0 Å². The minimum Gasteiger partial charge on any atom is -0.460 e. The number of carbonyl (C=O) groups is 1. The van der Waals surface area contributed by atoms with E-state index in [1.165, 1.54) is 12.1 Å². The lowest BCUT2D eigenvalue weighted by Gasteiger charge is -2.03. The van der Waals surface area contributed by atoms with Crippen LogP contribution >= 0.6 is 0 Å². The minimum absolute atomic E-state index is 0.154. The Morgan fingerprint density at radius 2 is 2.07 bits per heavy atom. The van der Waals surface area contributed by atoms with Crippen LogP contribution in [0, 0.1) is 16.2 Å². The third-order valence-electron chi connectivity index (χ3n) is 1.47. The fourth-order valence-electron chi connectivity index (χ4n) is 0.852. The van der Waals surface area contributed by atoms with Crippen molar-refractivity contribution in [2.75, 3.05) is 13.2 Å². The summed E-state index contributed by atoms with van der Waals surface area (Å²) < 4.78 is 4.70. The van der Waals surface area contributed by atoms with Crippen molar-refractivity contribution >= 4 is 5.97 Å². The van der Waals surface area contributed by atoms with Crippen LogP contribution in [0.3, 0.4) is 0 Å². The number of carbonyl (C=O) groups excluding carboxylic acids is 1. The highest BCUT2D eigenvalue weighted by molar-refractivity contribution is 5.89. The second kappa shape index (κ2) is 5.58. The summed E-state index contributed by atoms with van der Waals surface area (Å²) in [6.45, 7) is -0.421. The molecule has 0 saturated carbocycles. The average Bonchev–Trinajstić information content (AvgIpc) is 2.25. The van der Waals surface area contributed by atoms with Gasteiger partial charge in [-0.05, 0) is 18.2 Å². The molecule has 1 rings (SSSR count). The Hall–Kier alpha value is -2.11. The van der Waals surface area contributed by atoms with Gasteiger partial charge in [-0.2, -0.15) is 0 Å². The molecule has 0 N–H and O–H groups in total. The molecule has 0 fully saturated rings. The normalized spacial score (nSPS) is 9.33. The van der Waals surface area contributed by atoms with E-state index in [0.717, 1.165) is 0 Å². The largest absolute Gasteiger partial charge is 0.460 e. The van der Waals surface area contributed by atoms with E-state index in [1.807, 2.05) is 0 Å². The Kier molecular flexibility index (Phi) is 4.08. The quantitative estimate of drug-likeness (QED) is 0.311. The van der Waals surface area contributed by atoms with E-state index in [9.17, 15) is 14.9 Å². The lowest BCUT2D eigenvalue weighted by molar-refractivity contribution is -0.757. The molecule has 0 aromatic heterocycles. The highest BCUT2D eigenvalue weighted by Crippen LogP contribution is 2.00. The lowest BCUT2D eigenvalue weighted by Crippen LogP contribution is -2.12. The third-order valence-corrected chi connectivity index (χ3v) is 1.47. The molecule has 0 unspecified atom stereocenters. The monoisotopic (exact) mass is 210 g/mol. The van der Waals surface area contributed by atoms with Crippen molar-refractivity contribution < 1.29 is 19.5 Å². The maximum atomic E-state index is 11.2. The number of nitrogens with zero attached hydrogens (tertiary/aromatic N) is 1. The summed E-state index contributed by atoms with van der Waals surface area (Å²) in [6, 6.07) is 8.97. The highest BCUT2D eigenvalue weighted by atomic mass is 17.0. The van der Waals surface area contributed by atoms with E-state index in [-0.39, 0.29) is 13.2 Å². The zero-order chi connectivity index (χ0) is 11.1. The van der Waals surface area contributed by atoms with E-state index in [2.05, 4.69) is 10.9 Å². The second-order valence-corrected chi connectivity index (χ2v) is 2.48. The van der Waals surface area contributed by atoms with E-state index in [1.54, 1.807) is 12.1 Å². The van der Waals surface area contributed by atoms with E-state index >= 15 is 0 Å². The number of ether oxygens (including phenoxy) is 1. The van der Waals surface area contributed by atoms with Gasteiger partial charge in [0, 0.05) is 0 Å². The molecule has 0 aliphatic carbocycles. The van der Waals surface area contributed by atoms with Crippen LogP contribution in [-0.4, -0.2) is 24.3 Å². The summed E-state index contributed by atoms with van der Waals surface area (Å²) in [5.74, 6) is -0.545. The van der Waals surface area contributed by atoms with Gasteiger partial charge in [-0.15, -0.1) is 10.1 Å². The highest BCUT2D eigenvalue weighted by Gasteiger charge is 2.05. The number of hydrogen-bond acceptors (Lipinski definition) is 5. The fourth-order valence-corrected chi connectivity index (χ4v) is 0.852. The van der Waals surface area contributed by atoms with Crippen LogP contribution in [0.15, 0.2) is 24.3 Å². The van der Waals surface area contributed by atoms with Crippen LogP contribution in [0.25, 0.3) is 0 Å². The Bertz CT molecular complexity index is 338. The summed E-state index contributed by atoms with van der Waals surface area (Å²) in [6.07, 6.45) is 0. The van der Waals surface area contributed by atoms with Gasteiger partial charge in [0.25, 0.3) is 5.09 Å². The van der Waals surface area contributed by atoms with E-state index < -0.39 is 11.1 Å². The van der Waals surface area contributed by atoms with Gasteiger partial charge in [-0.1, -0.05) is 12.1 Å². The summed E-state index contributed by atoms with van der Waals surface area (Å²) in [7, 11) is 0. The van der Waals surface area contributed by atoms with Crippen molar-refractivity contribution in [3.63, 3.8) is 0 Å². The predicted octanol–water partition coefficient (Wildman–Crippen LogP) is 0.852. The topological polar surface area (TPSA) is 78.7 Å². The second-order valence-electron chi connectivity index (χ2n) is 2.48. The maximum Gasteiger partial charge on any atom is 0.338 e. The summed E-state index contributed by atoms with van der Waals surface area (Å²) >= 11 is 0. The summed E-state index contributed by atoms with van der Waals surface area (Å²) in [5.41, 5.74) is 0.370. The average molecular weight is 210 g/mol. The van der Waals surface area contributed by atoms with Crippen LogP contribution < -0.4 is 0 Å². The van der Waals surface area contributed by atoms with Gasteiger partial charge < -0.3 is 9.57 Å². The van der Waals surface area contributed by atoms with Gasteiger partial charge in [-0.25, -0.2) is 4.79 Å². The van der Waals surface area contributed by atoms with Crippen molar-refractivity contribution in [3.8, 4) is 0 Å².